The minimum Gasteiger partial charge on any atom is -0.364 e. The van der Waals surface area contributed by atoms with Crippen LogP contribution in [-0.4, -0.2) is 54.3 Å². The van der Waals surface area contributed by atoms with Crippen molar-refractivity contribution in [2.45, 2.75) is 20.8 Å². The second-order valence-electron chi connectivity index (χ2n) is 7.87. The molecule has 2 aromatic carbocycles. The molecule has 2 aliphatic heterocycles. The number of carbonyl (C=O) groups excluding carboxylic acids is 2. The lowest BCUT2D eigenvalue weighted by Gasteiger charge is -2.36. The van der Waals surface area contributed by atoms with E-state index < -0.39 is 0 Å². The van der Waals surface area contributed by atoms with E-state index in [0.29, 0.717) is 35.6 Å². The van der Waals surface area contributed by atoms with Gasteiger partial charge in [0, 0.05) is 26.2 Å². The number of rotatable bonds is 4. The molecule has 0 bridgehead atoms. The standard InChI is InChI=1S/C24H26FN3O2/c1-4-26-11-13-27(14-12-26)22-21(18-6-8-19(25)9-7-18)23(29)28(24(22)30)20-10-5-16(2)17(3)15-20/h5-10,15H,4,11-14H2,1-3H3. The Morgan fingerprint density at radius 3 is 2.13 bits per heavy atom. The summed E-state index contributed by atoms with van der Waals surface area (Å²) < 4.78 is 13.5. The van der Waals surface area contributed by atoms with E-state index in [-0.39, 0.29) is 17.6 Å². The molecule has 6 heteroatoms. The van der Waals surface area contributed by atoms with Crippen LogP contribution >= 0.6 is 0 Å². The number of carbonyl (C=O) groups is 2. The predicted octanol–water partition coefficient (Wildman–Crippen LogP) is 3.36. The van der Waals surface area contributed by atoms with Crippen LogP contribution in [0.4, 0.5) is 10.1 Å². The number of likely N-dealkylation sites (N-methyl/N-ethyl adjacent to an activating group) is 1. The molecule has 0 aromatic heterocycles. The number of piperazine rings is 1. The second-order valence-corrected chi connectivity index (χ2v) is 7.87. The SMILES string of the molecule is CCN1CCN(C2=C(c3ccc(F)cc3)C(=O)N(c3ccc(C)c(C)c3)C2=O)CC1. The number of imide groups is 1. The Balaban J connectivity index is 1.78. The number of hydrogen-bond acceptors (Lipinski definition) is 4. The minimum atomic E-state index is -0.375. The van der Waals surface area contributed by atoms with Crippen molar-refractivity contribution in [1.82, 2.24) is 9.80 Å². The Labute approximate surface area is 176 Å². The van der Waals surface area contributed by atoms with Crippen LogP contribution in [0.1, 0.15) is 23.6 Å². The van der Waals surface area contributed by atoms with Crippen molar-refractivity contribution in [3.8, 4) is 0 Å². The molecule has 5 nitrogen and oxygen atoms in total. The van der Waals surface area contributed by atoms with Crippen molar-refractivity contribution < 1.29 is 14.0 Å². The highest BCUT2D eigenvalue weighted by Crippen LogP contribution is 2.35. The maximum atomic E-state index is 13.5. The van der Waals surface area contributed by atoms with Crippen molar-refractivity contribution in [2.24, 2.45) is 0 Å². The quantitative estimate of drug-likeness (QED) is 0.729. The monoisotopic (exact) mass is 407 g/mol. The lowest BCUT2D eigenvalue weighted by molar-refractivity contribution is -0.120. The number of amides is 2. The maximum absolute atomic E-state index is 13.5. The predicted molar refractivity (Wildman–Crippen MR) is 115 cm³/mol. The van der Waals surface area contributed by atoms with E-state index in [0.717, 1.165) is 30.8 Å². The lowest BCUT2D eigenvalue weighted by Crippen LogP contribution is -2.47. The van der Waals surface area contributed by atoms with Gasteiger partial charge in [0.05, 0.1) is 11.3 Å². The number of aryl methyl sites for hydroxylation is 2. The summed E-state index contributed by atoms with van der Waals surface area (Å²) in [6.45, 7) is 10.0. The van der Waals surface area contributed by atoms with Crippen molar-refractivity contribution in [3.63, 3.8) is 0 Å². The smallest absolute Gasteiger partial charge is 0.282 e. The first kappa shape index (κ1) is 20.3. The number of anilines is 1. The largest absolute Gasteiger partial charge is 0.364 e. The molecule has 0 aliphatic carbocycles. The van der Waals surface area contributed by atoms with Gasteiger partial charge in [0.15, 0.2) is 0 Å². The van der Waals surface area contributed by atoms with Gasteiger partial charge < -0.3 is 9.80 Å². The van der Waals surface area contributed by atoms with Crippen LogP contribution in [0.25, 0.3) is 5.57 Å². The highest BCUT2D eigenvalue weighted by atomic mass is 19.1. The third kappa shape index (κ3) is 3.52. The van der Waals surface area contributed by atoms with E-state index in [1.165, 1.54) is 17.0 Å². The molecule has 2 amide bonds. The minimum absolute atomic E-state index is 0.312. The molecule has 0 radical (unpaired) electrons. The van der Waals surface area contributed by atoms with Gasteiger partial charge in [-0.25, -0.2) is 9.29 Å². The molecule has 2 aliphatic rings. The Bertz CT molecular complexity index is 1020. The van der Waals surface area contributed by atoms with Gasteiger partial charge in [0.25, 0.3) is 11.8 Å². The summed E-state index contributed by atoms with van der Waals surface area (Å²) >= 11 is 0. The Morgan fingerprint density at radius 1 is 0.867 bits per heavy atom. The van der Waals surface area contributed by atoms with Crippen LogP contribution in [0.2, 0.25) is 0 Å². The zero-order valence-electron chi connectivity index (χ0n) is 17.6. The van der Waals surface area contributed by atoms with Crippen LogP contribution in [0.3, 0.4) is 0 Å². The average molecular weight is 407 g/mol. The van der Waals surface area contributed by atoms with Gasteiger partial charge in [-0.1, -0.05) is 25.1 Å². The number of halogens is 1. The van der Waals surface area contributed by atoms with Crippen LogP contribution in [-0.2, 0) is 9.59 Å². The summed E-state index contributed by atoms with van der Waals surface area (Å²) in [5.41, 5.74) is 4.01. The molecule has 2 heterocycles. The molecule has 1 saturated heterocycles. The maximum Gasteiger partial charge on any atom is 0.282 e. The molecule has 1 fully saturated rings. The fraction of sp³-hybridized carbons (Fsp3) is 0.333. The molecule has 30 heavy (non-hydrogen) atoms. The third-order valence-corrected chi connectivity index (χ3v) is 6.08. The van der Waals surface area contributed by atoms with Crippen molar-refractivity contribution in [2.75, 3.05) is 37.6 Å². The van der Waals surface area contributed by atoms with Gasteiger partial charge >= 0.3 is 0 Å². The summed E-state index contributed by atoms with van der Waals surface area (Å²) in [5, 5.41) is 0. The van der Waals surface area contributed by atoms with E-state index in [4.69, 9.17) is 0 Å². The van der Waals surface area contributed by atoms with Gasteiger partial charge in [-0.2, -0.15) is 0 Å². The molecule has 0 spiro atoms. The zero-order chi connectivity index (χ0) is 21.4. The summed E-state index contributed by atoms with van der Waals surface area (Å²) in [4.78, 5) is 32.6. The van der Waals surface area contributed by atoms with Gasteiger partial charge in [0.1, 0.15) is 11.5 Å². The summed E-state index contributed by atoms with van der Waals surface area (Å²) in [7, 11) is 0. The normalized spacial score (nSPS) is 18.0. The molecular weight excluding hydrogens is 381 g/mol. The lowest BCUT2D eigenvalue weighted by atomic mass is 10.0. The van der Waals surface area contributed by atoms with Gasteiger partial charge in [-0.15, -0.1) is 0 Å². The Morgan fingerprint density at radius 2 is 1.53 bits per heavy atom. The summed E-state index contributed by atoms with van der Waals surface area (Å²) in [6, 6.07) is 11.4. The van der Waals surface area contributed by atoms with Gasteiger partial charge in [-0.3, -0.25) is 9.59 Å². The number of hydrogen-bond donors (Lipinski definition) is 0. The molecule has 2 aromatic rings. The number of benzene rings is 2. The van der Waals surface area contributed by atoms with E-state index in [1.54, 1.807) is 18.2 Å². The summed E-state index contributed by atoms with van der Waals surface area (Å²) in [6.07, 6.45) is 0. The zero-order valence-corrected chi connectivity index (χ0v) is 17.6. The van der Waals surface area contributed by atoms with Crippen LogP contribution in [0.15, 0.2) is 48.2 Å². The first-order valence-corrected chi connectivity index (χ1v) is 10.3. The van der Waals surface area contributed by atoms with Gasteiger partial charge in [-0.05, 0) is 61.3 Å². The van der Waals surface area contributed by atoms with Crippen molar-refractivity contribution in [1.29, 1.82) is 0 Å². The summed E-state index contributed by atoms with van der Waals surface area (Å²) in [5.74, 6) is -1.05. The van der Waals surface area contributed by atoms with E-state index >= 15 is 0 Å². The van der Waals surface area contributed by atoms with Crippen LogP contribution < -0.4 is 4.90 Å². The highest BCUT2D eigenvalue weighted by Gasteiger charge is 2.43. The molecule has 0 atom stereocenters. The fourth-order valence-electron chi connectivity index (χ4n) is 4.08. The van der Waals surface area contributed by atoms with Crippen LogP contribution in [0.5, 0.6) is 0 Å². The topological polar surface area (TPSA) is 43.9 Å². The van der Waals surface area contributed by atoms with E-state index in [9.17, 15) is 14.0 Å². The average Bonchev–Trinajstić information content (AvgIpc) is 3.01. The van der Waals surface area contributed by atoms with Crippen molar-refractivity contribution >= 4 is 23.1 Å². The molecule has 0 saturated carbocycles. The molecule has 156 valence electrons. The molecule has 4 rings (SSSR count). The number of nitrogens with zero attached hydrogens (tertiary/aromatic N) is 3. The van der Waals surface area contributed by atoms with Crippen LogP contribution in [0, 0.1) is 19.7 Å². The Kier molecular flexibility index (Phi) is 5.43. The first-order chi connectivity index (χ1) is 14.4. The van der Waals surface area contributed by atoms with Gasteiger partial charge in [0.2, 0.25) is 0 Å². The molecule has 0 N–H and O–H groups in total. The Hall–Kier alpha value is -2.99. The van der Waals surface area contributed by atoms with E-state index in [2.05, 4.69) is 11.8 Å². The third-order valence-electron chi connectivity index (χ3n) is 6.08. The highest BCUT2D eigenvalue weighted by molar-refractivity contribution is 6.45. The first-order valence-electron chi connectivity index (χ1n) is 10.3. The molecular formula is C24H26FN3O2. The van der Waals surface area contributed by atoms with Crippen molar-refractivity contribution in [3.05, 3.63) is 70.7 Å². The molecule has 0 unspecified atom stereocenters. The second kappa shape index (κ2) is 8.03. The fourth-order valence-corrected chi connectivity index (χ4v) is 4.08. The van der Waals surface area contributed by atoms with E-state index in [1.807, 2.05) is 30.9 Å².